The highest BCUT2D eigenvalue weighted by atomic mass is 16.5. The summed E-state index contributed by atoms with van der Waals surface area (Å²) in [6.07, 6.45) is -0.658. The van der Waals surface area contributed by atoms with Crippen LogP contribution in [0.1, 0.15) is 23.6 Å². The van der Waals surface area contributed by atoms with Gasteiger partial charge in [0.2, 0.25) is 0 Å². The number of nitriles is 1. The first-order valence-electron chi connectivity index (χ1n) is 7.05. The number of nitrogens with zero attached hydrogens (tertiary/aromatic N) is 1. The number of amides is 1. The zero-order valence-electron chi connectivity index (χ0n) is 12.9. The first-order valence-corrected chi connectivity index (χ1v) is 7.05. The number of hydrogen-bond donors (Lipinski definition) is 1. The number of rotatable bonds is 4. The van der Waals surface area contributed by atoms with Crippen LogP contribution in [0.5, 0.6) is 5.75 Å². The van der Waals surface area contributed by atoms with Crippen LogP contribution in [-0.4, -0.2) is 12.0 Å². The molecule has 1 atom stereocenters. The predicted octanol–water partition coefficient (Wildman–Crippen LogP) is 3.58. The summed E-state index contributed by atoms with van der Waals surface area (Å²) in [7, 11) is 0. The minimum absolute atomic E-state index is 0.291. The molecular formula is C18H18N2O2. The molecule has 0 heterocycles. The Balaban J connectivity index is 2.06. The molecule has 0 fully saturated rings. The maximum absolute atomic E-state index is 12.2. The first kappa shape index (κ1) is 15.6. The Morgan fingerprint density at radius 2 is 1.91 bits per heavy atom. The van der Waals surface area contributed by atoms with Crippen molar-refractivity contribution in [3.63, 3.8) is 0 Å². The van der Waals surface area contributed by atoms with Gasteiger partial charge < -0.3 is 10.1 Å². The minimum Gasteiger partial charge on any atom is -0.481 e. The second kappa shape index (κ2) is 6.77. The number of carbonyl (C=O) groups is 1. The summed E-state index contributed by atoms with van der Waals surface area (Å²) in [5, 5.41) is 11.8. The van der Waals surface area contributed by atoms with Crippen LogP contribution in [0.2, 0.25) is 0 Å². The number of para-hydroxylation sites is 1. The molecule has 0 saturated carbocycles. The van der Waals surface area contributed by atoms with Crippen molar-refractivity contribution >= 4 is 11.6 Å². The monoisotopic (exact) mass is 294 g/mol. The van der Waals surface area contributed by atoms with Crippen LogP contribution in [0.4, 0.5) is 5.69 Å². The van der Waals surface area contributed by atoms with Gasteiger partial charge in [0.25, 0.3) is 5.91 Å². The van der Waals surface area contributed by atoms with Crippen molar-refractivity contribution < 1.29 is 9.53 Å². The van der Waals surface area contributed by atoms with E-state index in [0.717, 1.165) is 5.56 Å². The van der Waals surface area contributed by atoms with Gasteiger partial charge >= 0.3 is 0 Å². The van der Waals surface area contributed by atoms with E-state index in [1.165, 1.54) is 5.56 Å². The van der Waals surface area contributed by atoms with E-state index < -0.39 is 6.10 Å². The number of carbonyl (C=O) groups excluding carboxylic acids is 1. The average molecular weight is 294 g/mol. The highest BCUT2D eigenvalue weighted by Gasteiger charge is 2.16. The van der Waals surface area contributed by atoms with Gasteiger partial charge in [-0.15, -0.1) is 0 Å². The molecule has 0 unspecified atom stereocenters. The zero-order chi connectivity index (χ0) is 16.1. The molecule has 0 aliphatic heterocycles. The minimum atomic E-state index is -0.658. The summed E-state index contributed by atoms with van der Waals surface area (Å²) >= 11 is 0. The number of aryl methyl sites for hydroxylation is 2. The first-order chi connectivity index (χ1) is 10.5. The Morgan fingerprint density at radius 3 is 2.59 bits per heavy atom. The SMILES string of the molecule is Cc1ccc(O[C@H](C)C(=O)Nc2ccccc2C#N)cc1C. The molecule has 2 aromatic carbocycles. The Hall–Kier alpha value is -2.80. The molecule has 0 aliphatic rings. The molecule has 0 saturated heterocycles. The number of nitrogens with one attached hydrogen (secondary N) is 1. The number of anilines is 1. The molecule has 2 aromatic rings. The summed E-state index contributed by atoms with van der Waals surface area (Å²) in [5.41, 5.74) is 3.20. The van der Waals surface area contributed by atoms with E-state index in [2.05, 4.69) is 5.32 Å². The Kier molecular flexibility index (Phi) is 4.80. The molecular weight excluding hydrogens is 276 g/mol. The lowest BCUT2D eigenvalue weighted by molar-refractivity contribution is -0.122. The van der Waals surface area contributed by atoms with Crippen molar-refractivity contribution in [3.8, 4) is 11.8 Å². The van der Waals surface area contributed by atoms with Gasteiger partial charge in [-0.25, -0.2) is 0 Å². The maximum atomic E-state index is 12.2. The van der Waals surface area contributed by atoms with Gasteiger partial charge in [0.05, 0.1) is 11.3 Å². The van der Waals surface area contributed by atoms with Crippen LogP contribution >= 0.6 is 0 Å². The third-order valence-corrected chi connectivity index (χ3v) is 3.47. The molecule has 0 aliphatic carbocycles. The third-order valence-electron chi connectivity index (χ3n) is 3.47. The average Bonchev–Trinajstić information content (AvgIpc) is 2.51. The van der Waals surface area contributed by atoms with E-state index in [-0.39, 0.29) is 5.91 Å². The maximum Gasteiger partial charge on any atom is 0.265 e. The lowest BCUT2D eigenvalue weighted by atomic mass is 10.1. The van der Waals surface area contributed by atoms with Crippen molar-refractivity contribution in [2.24, 2.45) is 0 Å². The molecule has 0 radical (unpaired) electrons. The Morgan fingerprint density at radius 1 is 1.18 bits per heavy atom. The fraction of sp³-hybridized carbons (Fsp3) is 0.222. The van der Waals surface area contributed by atoms with Gasteiger partial charge in [-0.3, -0.25) is 4.79 Å². The van der Waals surface area contributed by atoms with Crippen LogP contribution in [0, 0.1) is 25.2 Å². The van der Waals surface area contributed by atoms with Crippen molar-refractivity contribution in [2.45, 2.75) is 26.9 Å². The van der Waals surface area contributed by atoms with Gasteiger partial charge in [0, 0.05) is 0 Å². The standard InChI is InChI=1S/C18H18N2O2/c1-12-8-9-16(10-13(12)2)22-14(3)18(21)20-17-7-5-4-6-15(17)11-19/h4-10,14H,1-3H3,(H,20,21)/t14-/m1/s1. The third kappa shape index (κ3) is 3.64. The lowest BCUT2D eigenvalue weighted by Crippen LogP contribution is -2.30. The summed E-state index contributed by atoms with van der Waals surface area (Å²) in [5.74, 6) is 0.361. The number of ether oxygens (including phenoxy) is 1. The molecule has 4 nitrogen and oxygen atoms in total. The molecule has 0 bridgehead atoms. The van der Waals surface area contributed by atoms with Crippen molar-refractivity contribution in [2.75, 3.05) is 5.32 Å². The smallest absolute Gasteiger partial charge is 0.265 e. The summed E-state index contributed by atoms with van der Waals surface area (Å²) in [6, 6.07) is 14.6. The largest absolute Gasteiger partial charge is 0.481 e. The fourth-order valence-corrected chi connectivity index (χ4v) is 1.97. The molecule has 2 rings (SSSR count). The van der Waals surface area contributed by atoms with Gasteiger partial charge in [-0.2, -0.15) is 5.26 Å². The van der Waals surface area contributed by atoms with Crippen molar-refractivity contribution in [1.82, 2.24) is 0 Å². The second-order valence-corrected chi connectivity index (χ2v) is 5.15. The van der Waals surface area contributed by atoms with Crippen molar-refractivity contribution in [3.05, 3.63) is 59.2 Å². The summed E-state index contributed by atoms with van der Waals surface area (Å²) < 4.78 is 5.66. The van der Waals surface area contributed by atoms with Gasteiger partial charge in [-0.1, -0.05) is 18.2 Å². The summed E-state index contributed by atoms with van der Waals surface area (Å²) in [6.45, 7) is 5.70. The fourth-order valence-electron chi connectivity index (χ4n) is 1.97. The van der Waals surface area contributed by atoms with E-state index in [0.29, 0.717) is 17.0 Å². The topological polar surface area (TPSA) is 62.1 Å². The van der Waals surface area contributed by atoms with Crippen LogP contribution in [0.15, 0.2) is 42.5 Å². The van der Waals surface area contributed by atoms with E-state index in [1.54, 1.807) is 31.2 Å². The highest BCUT2D eigenvalue weighted by molar-refractivity contribution is 5.95. The van der Waals surface area contributed by atoms with E-state index in [9.17, 15) is 4.79 Å². The Labute approximate surface area is 130 Å². The van der Waals surface area contributed by atoms with E-state index >= 15 is 0 Å². The normalized spacial score (nSPS) is 11.4. The van der Waals surface area contributed by atoms with Crippen LogP contribution in [0.25, 0.3) is 0 Å². The summed E-state index contributed by atoms with van der Waals surface area (Å²) in [4.78, 5) is 12.2. The van der Waals surface area contributed by atoms with Crippen LogP contribution in [-0.2, 0) is 4.79 Å². The quantitative estimate of drug-likeness (QED) is 0.937. The Bertz CT molecular complexity index is 732. The second-order valence-electron chi connectivity index (χ2n) is 5.15. The number of hydrogen-bond acceptors (Lipinski definition) is 3. The predicted molar refractivity (Wildman–Crippen MR) is 85.8 cm³/mol. The van der Waals surface area contributed by atoms with Crippen LogP contribution < -0.4 is 10.1 Å². The molecule has 0 aromatic heterocycles. The molecule has 4 heteroatoms. The van der Waals surface area contributed by atoms with Crippen molar-refractivity contribution in [1.29, 1.82) is 5.26 Å². The van der Waals surface area contributed by atoms with Crippen LogP contribution in [0.3, 0.4) is 0 Å². The van der Waals surface area contributed by atoms with Gasteiger partial charge in [0.15, 0.2) is 6.10 Å². The molecule has 0 spiro atoms. The highest BCUT2D eigenvalue weighted by Crippen LogP contribution is 2.19. The molecule has 22 heavy (non-hydrogen) atoms. The van der Waals surface area contributed by atoms with Gasteiger partial charge in [-0.05, 0) is 56.2 Å². The number of benzene rings is 2. The van der Waals surface area contributed by atoms with E-state index in [4.69, 9.17) is 10.00 Å². The molecule has 1 N–H and O–H groups in total. The molecule has 1 amide bonds. The molecule has 112 valence electrons. The zero-order valence-corrected chi connectivity index (χ0v) is 12.9. The lowest BCUT2D eigenvalue weighted by Gasteiger charge is -2.16. The van der Waals surface area contributed by atoms with Gasteiger partial charge in [0.1, 0.15) is 11.8 Å². The van der Waals surface area contributed by atoms with E-state index in [1.807, 2.05) is 38.1 Å².